The molecule has 0 spiro atoms. The topological polar surface area (TPSA) is 187 Å². The fourth-order valence-corrected chi connectivity index (χ4v) is 5.03. The van der Waals surface area contributed by atoms with E-state index >= 15 is 0 Å². The van der Waals surface area contributed by atoms with Crippen LogP contribution in [-0.4, -0.2) is 170 Å². The highest BCUT2D eigenvalue weighted by molar-refractivity contribution is 5.68. The highest BCUT2D eigenvalue weighted by atomic mass is 16.6. The van der Waals surface area contributed by atoms with Gasteiger partial charge in [0.05, 0.1) is 109 Å². The minimum absolute atomic E-state index is 0.189. The molecular weight excluding hydrogens is 861 g/mol. The summed E-state index contributed by atoms with van der Waals surface area (Å²) < 4.78 is 78.4. The number of carbonyl (C=O) groups is 2. The maximum atomic E-state index is 12.0. The molecule has 2 aromatic rings. The molecule has 2 rings (SSSR count). The first kappa shape index (κ1) is 57.1. The van der Waals surface area contributed by atoms with Gasteiger partial charge in [-0.05, 0) is 59.7 Å². The zero-order valence-electron chi connectivity index (χ0n) is 40.1. The normalized spacial score (nSPS) is 11.2. The number of alkyl carbamates (subject to hydrolysis) is 2. The molecule has 0 heterocycles. The number of nitrogens with one attached hydrogen (secondary N) is 2. The molecule has 0 aliphatic heterocycles. The van der Waals surface area contributed by atoms with Crippen LogP contribution in [0.3, 0.4) is 0 Å². The molecule has 0 atom stereocenters. The lowest BCUT2D eigenvalue weighted by Crippen LogP contribution is -2.34. The first-order valence-electron chi connectivity index (χ1n) is 21.9. The molecule has 0 aromatic heterocycles. The van der Waals surface area contributed by atoms with Crippen LogP contribution in [0.5, 0.6) is 23.0 Å². The maximum Gasteiger partial charge on any atom is 0.407 e. The van der Waals surface area contributed by atoms with Crippen molar-refractivity contribution in [2.45, 2.75) is 52.7 Å². The molecule has 18 heteroatoms. The van der Waals surface area contributed by atoms with Gasteiger partial charge in [-0.25, -0.2) is 9.59 Å². The fourth-order valence-electron chi connectivity index (χ4n) is 5.03. The SMILES string of the molecule is C#Cc1cc(OCCOCCOCCOC)c(C#Cc2cc(OCCOCCNC(=O)OC(C)(C)C)ccc2OCCOCCNC(=O)OC(C)(C)C)cc1OCCOCCOCCOC. The summed E-state index contributed by atoms with van der Waals surface area (Å²) in [6, 6.07) is 8.69. The van der Waals surface area contributed by atoms with Crippen molar-refractivity contribution >= 4 is 12.2 Å². The number of rotatable bonds is 34. The summed E-state index contributed by atoms with van der Waals surface area (Å²) in [5.41, 5.74) is 0.274. The van der Waals surface area contributed by atoms with E-state index in [4.69, 9.17) is 72.7 Å². The fraction of sp³-hybridized carbons (Fsp3) is 0.625. The molecular formula is C48H72N2O16. The van der Waals surface area contributed by atoms with Gasteiger partial charge in [0.25, 0.3) is 0 Å². The van der Waals surface area contributed by atoms with Gasteiger partial charge in [0.1, 0.15) is 60.6 Å². The summed E-state index contributed by atoms with van der Waals surface area (Å²) in [5, 5.41) is 5.32. The lowest BCUT2D eigenvalue weighted by molar-refractivity contribution is 0.0177. The lowest BCUT2D eigenvalue weighted by Gasteiger charge is -2.19. The number of ether oxygens (including phenoxy) is 14. The van der Waals surface area contributed by atoms with Crippen molar-refractivity contribution in [3.8, 4) is 47.2 Å². The van der Waals surface area contributed by atoms with Crippen LogP contribution in [0.1, 0.15) is 58.2 Å². The second-order valence-electron chi connectivity index (χ2n) is 15.8. The van der Waals surface area contributed by atoms with Gasteiger partial charge in [-0.1, -0.05) is 17.8 Å². The Morgan fingerprint density at radius 2 is 0.833 bits per heavy atom. The molecule has 0 fully saturated rings. The summed E-state index contributed by atoms with van der Waals surface area (Å²) >= 11 is 0. The van der Waals surface area contributed by atoms with Crippen molar-refractivity contribution in [2.24, 2.45) is 0 Å². The standard InChI is InChI=1S/C48H72N2O16/c1-10-38-36-44(64-34-30-60-26-24-58-22-20-54-9)40(37-43(38)63-33-29-59-25-23-57-21-19-53-8)12-11-39-35-41(61-31-27-55-17-15-49-45(51)65-47(2,3)4)13-14-42(39)62-32-28-56-18-16-50-46(52)66-48(5,6)7/h1,13-14,35-37H,15-34H2,2-9H3,(H,49,51)(H,50,52). The lowest BCUT2D eigenvalue weighted by atomic mass is 10.1. The van der Waals surface area contributed by atoms with E-state index in [1.54, 1.807) is 86.1 Å². The molecule has 0 aliphatic rings. The summed E-state index contributed by atoms with van der Waals surface area (Å²) in [5.74, 6) is 11.0. The van der Waals surface area contributed by atoms with Crippen molar-refractivity contribution in [1.29, 1.82) is 0 Å². The molecule has 0 radical (unpaired) electrons. The zero-order valence-corrected chi connectivity index (χ0v) is 40.1. The van der Waals surface area contributed by atoms with Crippen LogP contribution in [0.2, 0.25) is 0 Å². The van der Waals surface area contributed by atoms with Gasteiger partial charge in [-0.2, -0.15) is 0 Å². The van der Waals surface area contributed by atoms with Crippen molar-refractivity contribution in [3.63, 3.8) is 0 Å². The summed E-state index contributed by atoms with van der Waals surface area (Å²) in [7, 11) is 3.23. The third-order valence-electron chi connectivity index (χ3n) is 7.91. The van der Waals surface area contributed by atoms with Crippen LogP contribution in [0.4, 0.5) is 9.59 Å². The van der Waals surface area contributed by atoms with Gasteiger partial charge in [-0.15, -0.1) is 6.42 Å². The number of terminal acetylenes is 1. The second kappa shape index (κ2) is 34.3. The third-order valence-corrected chi connectivity index (χ3v) is 7.91. The average molecular weight is 933 g/mol. The van der Waals surface area contributed by atoms with E-state index in [1.807, 2.05) is 0 Å². The number of amides is 2. The predicted octanol–water partition coefficient (Wildman–Crippen LogP) is 5.02. The molecule has 0 saturated heterocycles. The molecule has 0 aliphatic carbocycles. The maximum absolute atomic E-state index is 12.0. The average Bonchev–Trinajstić information content (AvgIpc) is 3.26. The van der Waals surface area contributed by atoms with Gasteiger partial charge in [-0.3, -0.25) is 0 Å². The molecule has 18 nitrogen and oxygen atoms in total. The first-order chi connectivity index (χ1) is 31.7. The third kappa shape index (κ3) is 28.8. The number of hydrogen-bond donors (Lipinski definition) is 2. The van der Waals surface area contributed by atoms with Gasteiger partial charge in [0.2, 0.25) is 0 Å². The summed E-state index contributed by atoms with van der Waals surface area (Å²) in [6.07, 6.45) is 4.89. The Hall–Kier alpha value is -5.02. The van der Waals surface area contributed by atoms with Crippen molar-refractivity contribution < 1.29 is 75.9 Å². The van der Waals surface area contributed by atoms with E-state index in [2.05, 4.69) is 28.4 Å². The van der Waals surface area contributed by atoms with E-state index in [1.165, 1.54) is 0 Å². The number of methoxy groups -OCH3 is 2. The van der Waals surface area contributed by atoms with Gasteiger partial charge >= 0.3 is 12.2 Å². The Bertz CT molecular complexity index is 1760. The Morgan fingerprint density at radius 1 is 0.470 bits per heavy atom. The smallest absolute Gasteiger partial charge is 0.407 e. The molecule has 2 N–H and O–H groups in total. The molecule has 370 valence electrons. The Labute approximate surface area is 391 Å². The second-order valence-corrected chi connectivity index (χ2v) is 15.8. The van der Waals surface area contributed by atoms with Crippen LogP contribution < -0.4 is 29.6 Å². The monoisotopic (exact) mass is 932 g/mol. The zero-order chi connectivity index (χ0) is 48.3. The van der Waals surface area contributed by atoms with Crippen LogP contribution >= 0.6 is 0 Å². The molecule has 0 saturated carbocycles. The molecule has 2 aromatic carbocycles. The van der Waals surface area contributed by atoms with Crippen molar-refractivity contribution in [1.82, 2.24) is 10.6 Å². The number of carbonyl (C=O) groups excluding carboxylic acids is 2. The Kier molecular flexibility index (Phi) is 29.7. The quantitative estimate of drug-likeness (QED) is 0.0703. The van der Waals surface area contributed by atoms with Gasteiger partial charge in [0, 0.05) is 39.4 Å². The predicted molar refractivity (Wildman–Crippen MR) is 246 cm³/mol. The van der Waals surface area contributed by atoms with Crippen LogP contribution in [0.25, 0.3) is 0 Å². The van der Waals surface area contributed by atoms with Crippen LogP contribution in [-0.2, 0) is 47.4 Å². The molecule has 0 bridgehead atoms. The van der Waals surface area contributed by atoms with Crippen LogP contribution in [0, 0.1) is 24.2 Å². The van der Waals surface area contributed by atoms with Gasteiger partial charge in [0.15, 0.2) is 0 Å². The minimum atomic E-state index is -0.601. The van der Waals surface area contributed by atoms with Gasteiger partial charge < -0.3 is 76.9 Å². The Balaban J connectivity index is 2.24. The van der Waals surface area contributed by atoms with E-state index < -0.39 is 23.4 Å². The summed E-state index contributed by atoms with van der Waals surface area (Å²) in [6.45, 7) is 17.4. The van der Waals surface area contributed by atoms with Crippen molar-refractivity contribution in [3.05, 3.63) is 47.0 Å². The van der Waals surface area contributed by atoms with E-state index in [0.29, 0.717) is 99.2 Å². The minimum Gasteiger partial charge on any atom is -0.491 e. The van der Waals surface area contributed by atoms with Crippen LogP contribution in [0.15, 0.2) is 30.3 Å². The number of hydrogen-bond acceptors (Lipinski definition) is 16. The number of benzene rings is 2. The Morgan fingerprint density at radius 3 is 1.27 bits per heavy atom. The molecule has 66 heavy (non-hydrogen) atoms. The van der Waals surface area contributed by atoms with E-state index in [9.17, 15) is 9.59 Å². The van der Waals surface area contributed by atoms with E-state index in [0.717, 1.165) is 0 Å². The molecule has 2 amide bonds. The van der Waals surface area contributed by atoms with E-state index in [-0.39, 0.29) is 72.6 Å². The largest absolute Gasteiger partial charge is 0.491 e. The van der Waals surface area contributed by atoms with Crippen molar-refractivity contribution in [2.75, 3.05) is 146 Å². The highest BCUT2D eigenvalue weighted by Gasteiger charge is 2.17. The first-order valence-corrected chi connectivity index (χ1v) is 21.9. The highest BCUT2D eigenvalue weighted by Crippen LogP contribution is 2.30. The summed E-state index contributed by atoms with van der Waals surface area (Å²) in [4.78, 5) is 23.9. The molecule has 0 unspecified atom stereocenters.